The molecule has 6 heteroatoms. The Labute approximate surface area is 105 Å². The number of hydrogen-bond donors (Lipinski definition) is 3. The van der Waals surface area contributed by atoms with Crippen LogP contribution in [0.25, 0.3) is 0 Å². The van der Waals surface area contributed by atoms with Crippen LogP contribution in [0.1, 0.15) is 17.3 Å². The Kier molecular flexibility index (Phi) is 4.53. The van der Waals surface area contributed by atoms with Crippen molar-refractivity contribution < 1.29 is 15.1 Å². The van der Waals surface area contributed by atoms with E-state index in [9.17, 15) is 4.79 Å². The molecule has 0 heterocycles. The summed E-state index contributed by atoms with van der Waals surface area (Å²) in [7, 11) is 1.64. The monoisotopic (exact) mass is 251 g/mol. The summed E-state index contributed by atoms with van der Waals surface area (Å²) in [4.78, 5) is 13.5. The van der Waals surface area contributed by atoms with Gasteiger partial charge in [-0.25, -0.2) is 0 Å². The summed E-state index contributed by atoms with van der Waals surface area (Å²) in [6.45, 7) is 2.10. The van der Waals surface area contributed by atoms with Crippen LogP contribution in [0.2, 0.25) is 0 Å². The highest BCUT2D eigenvalue weighted by atomic mass is 16.4. The maximum Gasteiger partial charge on any atom is 0.253 e. The molecule has 18 heavy (non-hydrogen) atoms. The van der Waals surface area contributed by atoms with Crippen LogP contribution < -0.4 is 5.73 Å². The van der Waals surface area contributed by atoms with E-state index in [4.69, 9.17) is 16.0 Å². The smallest absolute Gasteiger partial charge is 0.253 e. The Balaban J connectivity index is 2.70. The van der Waals surface area contributed by atoms with Gasteiger partial charge in [0.25, 0.3) is 5.91 Å². The fourth-order valence-corrected chi connectivity index (χ4v) is 1.51. The first-order valence-corrected chi connectivity index (χ1v) is 5.47. The van der Waals surface area contributed by atoms with Crippen LogP contribution in [0.4, 0.5) is 0 Å². The Bertz CT molecular complexity index is 442. The molecule has 1 rings (SSSR count). The number of benzene rings is 1. The largest absolute Gasteiger partial charge is 0.508 e. The van der Waals surface area contributed by atoms with E-state index in [0.29, 0.717) is 12.1 Å². The van der Waals surface area contributed by atoms with E-state index in [-0.39, 0.29) is 23.4 Å². The molecule has 1 atom stereocenters. The molecule has 4 N–H and O–H groups in total. The van der Waals surface area contributed by atoms with Crippen molar-refractivity contribution in [2.75, 3.05) is 13.6 Å². The van der Waals surface area contributed by atoms with Crippen LogP contribution in [0.15, 0.2) is 29.4 Å². The van der Waals surface area contributed by atoms with Crippen LogP contribution in [-0.4, -0.2) is 40.5 Å². The zero-order chi connectivity index (χ0) is 13.7. The summed E-state index contributed by atoms with van der Waals surface area (Å²) >= 11 is 0. The number of hydrogen-bond acceptors (Lipinski definition) is 4. The van der Waals surface area contributed by atoms with E-state index in [2.05, 4.69) is 5.16 Å². The van der Waals surface area contributed by atoms with Crippen molar-refractivity contribution in [2.24, 2.45) is 16.8 Å². The van der Waals surface area contributed by atoms with Gasteiger partial charge in [-0.1, -0.05) is 12.1 Å². The molecular formula is C12H17N3O3. The number of carbonyl (C=O) groups is 1. The SMILES string of the molecule is CC(CN(C)C(=O)c1ccc(O)cc1)C(N)=NO. The summed E-state index contributed by atoms with van der Waals surface area (Å²) < 4.78 is 0. The molecule has 1 amide bonds. The minimum absolute atomic E-state index is 0.0837. The molecule has 6 nitrogen and oxygen atoms in total. The number of phenols is 1. The van der Waals surface area contributed by atoms with E-state index in [1.807, 2.05) is 0 Å². The topological polar surface area (TPSA) is 99.2 Å². The average molecular weight is 251 g/mol. The van der Waals surface area contributed by atoms with Crippen molar-refractivity contribution in [3.05, 3.63) is 29.8 Å². The standard InChI is InChI=1S/C12H17N3O3/c1-8(11(13)14-18)7-15(2)12(17)9-3-5-10(16)6-4-9/h3-6,8,16,18H,7H2,1-2H3,(H2,13,14). The molecule has 1 aromatic rings. The van der Waals surface area contributed by atoms with Gasteiger partial charge in [-0.05, 0) is 24.3 Å². The molecule has 1 aromatic carbocycles. The first-order chi connectivity index (χ1) is 8.45. The first-order valence-electron chi connectivity index (χ1n) is 5.47. The zero-order valence-electron chi connectivity index (χ0n) is 10.4. The van der Waals surface area contributed by atoms with Gasteiger partial charge in [0.2, 0.25) is 0 Å². The fraction of sp³-hybridized carbons (Fsp3) is 0.333. The number of amides is 1. The molecule has 0 aromatic heterocycles. The molecule has 0 aliphatic carbocycles. The second kappa shape index (κ2) is 5.90. The molecule has 0 saturated heterocycles. The van der Waals surface area contributed by atoms with Gasteiger partial charge in [0, 0.05) is 25.1 Å². The van der Waals surface area contributed by atoms with E-state index in [1.165, 1.54) is 17.0 Å². The van der Waals surface area contributed by atoms with Gasteiger partial charge in [-0.3, -0.25) is 4.79 Å². The molecule has 0 spiro atoms. The summed E-state index contributed by atoms with van der Waals surface area (Å²) in [5.41, 5.74) is 5.93. The van der Waals surface area contributed by atoms with E-state index < -0.39 is 0 Å². The van der Waals surface area contributed by atoms with Gasteiger partial charge in [-0.2, -0.15) is 0 Å². The second-order valence-corrected chi connectivity index (χ2v) is 4.16. The van der Waals surface area contributed by atoms with Crippen molar-refractivity contribution in [1.82, 2.24) is 4.90 Å². The predicted octanol–water partition coefficient (Wildman–Crippen LogP) is 0.847. The Morgan fingerprint density at radius 3 is 2.50 bits per heavy atom. The predicted molar refractivity (Wildman–Crippen MR) is 67.6 cm³/mol. The van der Waals surface area contributed by atoms with E-state index in [0.717, 1.165) is 0 Å². The van der Waals surface area contributed by atoms with Gasteiger partial charge in [0.05, 0.1) is 0 Å². The number of nitrogens with two attached hydrogens (primary N) is 1. The van der Waals surface area contributed by atoms with Crippen LogP contribution in [0, 0.1) is 5.92 Å². The van der Waals surface area contributed by atoms with Crippen molar-refractivity contribution >= 4 is 11.7 Å². The summed E-state index contributed by atoms with van der Waals surface area (Å²) in [6, 6.07) is 5.99. The van der Waals surface area contributed by atoms with Gasteiger partial charge < -0.3 is 20.9 Å². The molecule has 0 saturated carbocycles. The molecule has 0 bridgehead atoms. The third kappa shape index (κ3) is 3.38. The van der Waals surface area contributed by atoms with Gasteiger partial charge >= 0.3 is 0 Å². The second-order valence-electron chi connectivity index (χ2n) is 4.16. The van der Waals surface area contributed by atoms with Crippen molar-refractivity contribution in [3.63, 3.8) is 0 Å². The number of nitrogens with zero attached hydrogens (tertiary/aromatic N) is 2. The molecule has 1 unspecified atom stereocenters. The number of amidine groups is 1. The zero-order valence-corrected chi connectivity index (χ0v) is 10.4. The Morgan fingerprint density at radius 1 is 1.44 bits per heavy atom. The number of aromatic hydroxyl groups is 1. The lowest BCUT2D eigenvalue weighted by Crippen LogP contribution is -2.36. The third-order valence-electron chi connectivity index (χ3n) is 2.63. The highest BCUT2D eigenvalue weighted by molar-refractivity contribution is 5.94. The average Bonchev–Trinajstić information content (AvgIpc) is 2.37. The van der Waals surface area contributed by atoms with Crippen LogP contribution in [-0.2, 0) is 0 Å². The lowest BCUT2D eigenvalue weighted by Gasteiger charge is -2.20. The normalized spacial score (nSPS) is 13.1. The summed E-state index contributed by atoms with van der Waals surface area (Å²) in [5, 5.41) is 20.6. The lowest BCUT2D eigenvalue weighted by molar-refractivity contribution is 0.0786. The maximum absolute atomic E-state index is 12.0. The molecule has 0 radical (unpaired) electrons. The molecular weight excluding hydrogens is 234 g/mol. The van der Waals surface area contributed by atoms with E-state index in [1.54, 1.807) is 26.1 Å². The fourth-order valence-electron chi connectivity index (χ4n) is 1.51. The van der Waals surface area contributed by atoms with Crippen LogP contribution >= 0.6 is 0 Å². The number of carbonyl (C=O) groups excluding carboxylic acids is 1. The van der Waals surface area contributed by atoms with Gasteiger partial charge in [0.1, 0.15) is 11.6 Å². The lowest BCUT2D eigenvalue weighted by atomic mass is 10.1. The number of phenolic OH excluding ortho intramolecular Hbond substituents is 1. The minimum Gasteiger partial charge on any atom is -0.508 e. The highest BCUT2D eigenvalue weighted by Crippen LogP contribution is 2.12. The summed E-state index contributed by atoms with van der Waals surface area (Å²) in [6.07, 6.45) is 0. The molecule has 98 valence electrons. The molecule has 0 aliphatic rings. The third-order valence-corrected chi connectivity index (χ3v) is 2.63. The minimum atomic E-state index is -0.235. The van der Waals surface area contributed by atoms with Gasteiger partial charge in [-0.15, -0.1) is 0 Å². The Hall–Kier alpha value is -2.24. The maximum atomic E-state index is 12.0. The highest BCUT2D eigenvalue weighted by Gasteiger charge is 2.16. The molecule has 0 aliphatic heterocycles. The van der Waals surface area contributed by atoms with Crippen molar-refractivity contribution in [2.45, 2.75) is 6.92 Å². The van der Waals surface area contributed by atoms with Crippen molar-refractivity contribution in [1.29, 1.82) is 0 Å². The van der Waals surface area contributed by atoms with E-state index >= 15 is 0 Å². The van der Waals surface area contributed by atoms with Gasteiger partial charge in [0.15, 0.2) is 0 Å². The number of oxime groups is 1. The number of rotatable bonds is 4. The van der Waals surface area contributed by atoms with Crippen LogP contribution in [0.3, 0.4) is 0 Å². The van der Waals surface area contributed by atoms with Crippen molar-refractivity contribution in [3.8, 4) is 5.75 Å². The first kappa shape index (κ1) is 13.8. The van der Waals surface area contributed by atoms with Crippen LogP contribution in [0.5, 0.6) is 5.75 Å². The molecule has 0 fully saturated rings. The summed E-state index contributed by atoms with van der Waals surface area (Å²) in [5.74, 6) is -0.228. The Morgan fingerprint density at radius 2 is 2.00 bits per heavy atom. The quantitative estimate of drug-likeness (QED) is 0.319.